The van der Waals surface area contributed by atoms with E-state index in [0.29, 0.717) is 0 Å². The molecule has 0 saturated heterocycles. The third-order valence-electron chi connectivity index (χ3n) is 2.64. The van der Waals surface area contributed by atoms with E-state index in [9.17, 15) is 17.2 Å². The molecule has 0 fully saturated rings. The number of hydrogen-bond donors (Lipinski definition) is 2. The number of thiazole rings is 1. The van der Waals surface area contributed by atoms with Crippen molar-refractivity contribution in [3.63, 3.8) is 0 Å². The summed E-state index contributed by atoms with van der Waals surface area (Å²) in [5, 5.41) is 2.72. The topological polar surface area (TPSA) is 71.1 Å². The number of aryl methyl sites for hydroxylation is 1. The molecule has 0 saturated carbocycles. The predicted molar refractivity (Wildman–Crippen MR) is 76.8 cm³/mol. The number of halogens is 2. The van der Waals surface area contributed by atoms with E-state index < -0.39 is 26.6 Å². The van der Waals surface area contributed by atoms with Crippen LogP contribution in [0.3, 0.4) is 0 Å². The molecule has 0 spiro atoms. The Hall–Kier alpha value is -1.58. The Bertz CT molecular complexity index is 760. The van der Waals surface area contributed by atoms with E-state index in [4.69, 9.17) is 0 Å². The normalized spacial score (nSPS) is 11.6. The fourth-order valence-electron chi connectivity index (χ4n) is 1.69. The Balaban J connectivity index is 2.42. The van der Waals surface area contributed by atoms with Gasteiger partial charge in [0.1, 0.15) is 10.7 Å². The molecule has 0 atom stereocenters. The summed E-state index contributed by atoms with van der Waals surface area (Å²) in [7, 11) is -2.65. The molecule has 2 rings (SSSR count). The van der Waals surface area contributed by atoms with Gasteiger partial charge in [-0.2, -0.15) is 0 Å². The van der Waals surface area contributed by atoms with Gasteiger partial charge >= 0.3 is 0 Å². The van der Waals surface area contributed by atoms with Crippen LogP contribution in [-0.2, 0) is 16.6 Å². The molecule has 2 N–H and O–H groups in total. The van der Waals surface area contributed by atoms with E-state index in [1.807, 2.05) is 0 Å². The van der Waals surface area contributed by atoms with E-state index in [2.05, 4.69) is 15.0 Å². The number of nitrogens with zero attached hydrogens (tertiary/aromatic N) is 1. The highest BCUT2D eigenvalue weighted by Crippen LogP contribution is 2.25. The minimum Gasteiger partial charge on any atom is -0.315 e. The van der Waals surface area contributed by atoms with Gasteiger partial charge in [0.05, 0.1) is 0 Å². The van der Waals surface area contributed by atoms with Crippen molar-refractivity contribution in [1.29, 1.82) is 0 Å². The SMILES string of the molecule is CNCc1c(F)ccc(S(=O)(=O)Nc2ncc(C)s2)c1F. The molecule has 2 aromatic rings. The Labute approximate surface area is 125 Å². The van der Waals surface area contributed by atoms with Crippen molar-refractivity contribution in [3.8, 4) is 0 Å². The zero-order valence-corrected chi connectivity index (χ0v) is 12.9. The minimum absolute atomic E-state index is 0.114. The van der Waals surface area contributed by atoms with Crippen LogP contribution in [0.4, 0.5) is 13.9 Å². The van der Waals surface area contributed by atoms with Gasteiger partial charge in [-0.05, 0) is 26.1 Å². The molecule has 1 aromatic heterocycles. The first-order chi connectivity index (χ1) is 9.85. The maximum absolute atomic E-state index is 14.2. The molecular formula is C12H13F2N3O2S2. The zero-order valence-electron chi connectivity index (χ0n) is 11.3. The summed E-state index contributed by atoms with van der Waals surface area (Å²) in [5.41, 5.74) is -0.323. The van der Waals surface area contributed by atoms with Gasteiger partial charge in [-0.3, -0.25) is 4.72 Å². The van der Waals surface area contributed by atoms with Crippen molar-refractivity contribution >= 4 is 26.5 Å². The van der Waals surface area contributed by atoms with Crippen LogP contribution in [0.5, 0.6) is 0 Å². The van der Waals surface area contributed by atoms with Crippen LogP contribution in [0.2, 0.25) is 0 Å². The summed E-state index contributed by atoms with van der Waals surface area (Å²) >= 11 is 1.12. The number of rotatable bonds is 5. The van der Waals surface area contributed by atoms with E-state index in [1.54, 1.807) is 6.92 Å². The first-order valence-corrected chi connectivity index (χ1v) is 8.22. The molecule has 5 nitrogen and oxygen atoms in total. The molecular weight excluding hydrogens is 320 g/mol. The van der Waals surface area contributed by atoms with Crippen molar-refractivity contribution in [2.75, 3.05) is 11.8 Å². The zero-order chi connectivity index (χ0) is 15.6. The second kappa shape index (κ2) is 6.04. The van der Waals surface area contributed by atoms with E-state index >= 15 is 0 Å². The van der Waals surface area contributed by atoms with E-state index in [0.717, 1.165) is 28.3 Å². The molecule has 0 aliphatic heterocycles. The van der Waals surface area contributed by atoms with Gasteiger partial charge in [-0.25, -0.2) is 22.2 Å². The smallest absolute Gasteiger partial charge is 0.266 e. The predicted octanol–water partition coefficient (Wildman–Crippen LogP) is 2.25. The fraction of sp³-hybridized carbons (Fsp3) is 0.250. The third-order valence-corrected chi connectivity index (χ3v) is 4.95. The van der Waals surface area contributed by atoms with E-state index in [1.165, 1.54) is 13.2 Å². The Kier molecular flexibility index (Phi) is 4.55. The molecule has 0 amide bonds. The summed E-state index contributed by atoms with van der Waals surface area (Å²) in [5.74, 6) is -1.91. The number of anilines is 1. The van der Waals surface area contributed by atoms with Gasteiger partial charge in [0, 0.05) is 23.2 Å². The number of benzene rings is 1. The molecule has 0 radical (unpaired) electrons. The number of aromatic nitrogens is 1. The highest BCUT2D eigenvalue weighted by Gasteiger charge is 2.24. The lowest BCUT2D eigenvalue weighted by molar-refractivity contribution is 0.522. The maximum atomic E-state index is 14.2. The summed E-state index contributed by atoms with van der Waals surface area (Å²) in [6, 6.07) is 1.82. The van der Waals surface area contributed by atoms with Gasteiger partial charge in [-0.15, -0.1) is 11.3 Å². The number of hydrogen-bond acceptors (Lipinski definition) is 5. The van der Waals surface area contributed by atoms with Crippen LogP contribution in [0.15, 0.2) is 23.2 Å². The molecule has 0 aliphatic carbocycles. The maximum Gasteiger partial charge on any atom is 0.266 e. The van der Waals surface area contributed by atoms with Crippen molar-refractivity contribution in [2.24, 2.45) is 0 Å². The average Bonchev–Trinajstić information content (AvgIpc) is 2.78. The van der Waals surface area contributed by atoms with Crippen LogP contribution in [-0.4, -0.2) is 20.4 Å². The van der Waals surface area contributed by atoms with Crippen LogP contribution < -0.4 is 10.0 Å². The minimum atomic E-state index is -4.16. The van der Waals surface area contributed by atoms with Gasteiger partial charge < -0.3 is 5.32 Å². The largest absolute Gasteiger partial charge is 0.315 e. The lowest BCUT2D eigenvalue weighted by Crippen LogP contribution is -2.17. The average molecular weight is 333 g/mol. The van der Waals surface area contributed by atoms with Crippen molar-refractivity contribution < 1.29 is 17.2 Å². The van der Waals surface area contributed by atoms with Crippen molar-refractivity contribution in [2.45, 2.75) is 18.4 Å². The number of sulfonamides is 1. The van der Waals surface area contributed by atoms with Crippen LogP contribution in [0, 0.1) is 18.6 Å². The summed E-state index contributed by atoms with van der Waals surface area (Å²) in [4.78, 5) is 4.05. The molecule has 0 unspecified atom stereocenters. The van der Waals surface area contributed by atoms with Crippen molar-refractivity contribution in [1.82, 2.24) is 10.3 Å². The van der Waals surface area contributed by atoms with Crippen LogP contribution in [0.25, 0.3) is 0 Å². The second-order valence-electron chi connectivity index (χ2n) is 4.25. The van der Waals surface area contributed by atoms with Crippen molar-refractivity contribution in [3.05, 3.63) is 40.4 Å². The molecule has 114 valence electrons. The van der Waals surface area contributed by atoms with E-state index in [-0.39, 0.29) is 17.2 Å². The fourth-order valence-corrected chi connectivity index (χ4v) is 3.70. The Morgan fingerprint density at radius 3 is 2.62 bits per heavy atom. The molecule has 1 heterocycles. The molecule has 9 heteroatoms. The summed E-state index contributed by atoms with van der Waals surface area (Å²) < 4.78 is 54.3. The molecule has 21 heavy (non-hydrogen) atoms. The highest BCUT2D eigenvalue weighted by atomic mass is 32.2. The molecule has 0 bridgehead atoms. The quantitative estimate of drug-likeness (QED) is 0.880. The highest BCUT2D eigenvalue weighted by molar-refractivity contribution is 7.93. The monoisotopic (exact) mass is 333 g/mol. The standard InChI is InChI=1S/C12H13F2N3O2S2/c1-7-5-16-12(20-7)17-21(18,19)10-4-3-9(13)8(6-15-2)11(10)14/h3-5,15H,6H2,1-2H3,(H,16,17). The summed E-state index contributed by atoms with van der Waals surface area (Å²) in [6.45, 7) is 1.65. The first kappa shape index (κ1) is 15.8. The third kappa shape index (κ3) is 3.36. The van der Waals surface area contributed by atoms with Gasteiger partial charge in [0.2, 0.25) is 0 Å². The van der Waals surface area contributed by atoms with Gasteiger partial charge in [0.15, 0.2) is 10.9 Å². The van der Waals surface area contributed by atoms with Crippen LogP contribution in [0.1, 0.15) is 10.4 Å². The van der Waals surface area contributed by atoms with Gasteiger partial charge in [0.25, 0.3) is 10.0 Å². The van der Waals surface area contributed by atoms with Crippen LogP contribution >= 0.6 is 11.3 Å². The Morgan fingerprint density at radius 2 is 2.05 bits per heavy atom. The summed E-state index contributed by atoms with van der Waals surface area (Å²) in [6.07, 6.45) is 1.50. The first-order valence-electron chi connectivity index (χ1n) is 5.92. The second-order valence-corrected chi connectivity index (χ2v) is 7.14. The van der Waals surface area contributed by atoms with Gasteiger partial charge in [-0.1, -0.05) is 0 Å². The number of nitrogens with one attached hydrogen (secondary N) is 2. The lowest BCUT2D eigenvalue weighted by Gasteiger charge is -2.10. The molecule has 1 aromatic carbocycles. The lowest BCUT2D eigenvalue weighted by atomic mass is 10.2. The Morgan fingerprint density at radius 1 is 1.33 bits per heavy atom. The molecule has 0 aliphatic rings.